The maximum Gasteiger partial charge on any atom is 0.350 e. The quantitative estimate of drug-likeness (QED) is 0.848. The highest BCUT2D eigenvalue weighted by atomic mass is 16.3. The smallest absolute Gasteiger partial charge is 0.350 e. The highest BCUT2D eigenvalue weighted by Crippen LogP contribution is 2.05. The van der Waals surface area contributed by atoms with Crippen LogP contribution in [-0.2, 0) is 11.3 Å². The van der Waals surface area contributed by atoms with E-state index in [-0.39, 0.29) is 24.7 Å². The van der Waals surface area contributed by atoms with E-state index in [0.717, 1.165) is 4.68 Å². The SMILES string of the molecule is CCN(CC(C)(C)O)C(=O)Cn1nc2ccccn2c1=O. The van der Waals surface area contributed by atoms with Crippen LogP contribution in [-0.4, -0.2) is 48.8 Å². The van der Waals surface area contributed by atoms with Crippen LogP contribution in [0.1, 0.15) is 20.8 Å². The van der Waals surface area contributed by atoms with Crippen LogP contribution in [0.25, 0.3) is 5.65 Å². The number of aliphatic hydroxyl groups is 1. The minimum Gasteiger partial charge on any atom is -0.389 e. The summed E-state index contributed by atoms with van der Waals surface area (Å²) in [6.07, 6.45) is 1.61. The summed E-state index contributed by atoms with van der Waals surface area (Å²) in [7, 11) is 0. The number of amides is 1. The number of rotatable bonds is 5. The number of likely N-dealkylation sites (N-methyl/N-ethyl adjacent to an activating group) is 1. The summed E-state index contributed by atoms with van der Waals surface area (Å²) in [6, 6.07) is 5.21. The van der Waals surface area contributed by atoms with E-state index in [1.807, 2.05) is 6.92 Å². The van der Waals surface area contributed by atoms with Crippen LogP contribution in [0.3, 0.4) is 0 Å². The molecule has 2 aromatic heterocycles. The molecule has 0 unspecified atom stereocenters. The topological polar surface area (TPSA) is 79.8 Å². The van der Waals surface area contributed by atoms with Crippen molar-refractivity contribution in [2.75, 3.05) is 13.1 Å². The first-order valence-corrected chi connectivity index (χ1v) is 6.86. The number of hydrogen-bond donors (Lipinski definition) is 1. The Hall–Kier alpha value is -2.15. The number of nitrogens with zero attached hydrogens (tertiary/aromatic N) is 4. The van der Waals surface area contributed by atoms with E-state index in [1.54, 1.807) is 38.2 Å². The molecule has 0 aromatic carbocycles. The highest BCUT2D eigenvalue weighted by Gasteiger charge is 2.22. The van der Waals surface area contributed by atoms with Crippen LogP contribution in [0, 0.1) is 0 Å². The zero-order valence-corrected chi connectivity index (χ0v) is 12.5. The third-order valence-corrected chi connectivity index (χ3v) is 3.09. The van der Waals surface area contributed by atoms with Gasteiger partial charge in [-0.05, 0) is 32.9 Å². The van der Waals surface area contributed by atoms with Gasteiger partial charge in [-0.3, -0.25) is 9.20 Å². The molecule has 0 atom stereocenters. The van der Waals surface area contributed by atoms with Gasteiger partial charge < -0.3 is 10.0 Å². The van der Waals surface area contributed by atoms with Crippen molar-refractivity contribution in [3.8, 4) is 0 Å². The number of fused-ring (bicyclic) bond motifs is 1. The lowest BCUT2D eigenvalue weighted by Gasteiger charge is -2.27. The van der Waals surface area contributed by atoms with Crippen LogP contribution < -0.4 is 5.69 Å². The molecule has 1 N–H and O–H groups in total. The summed E-state index contributed by atoms with van der Waals surface area (Å²) in [5.74, 6) is -0.245. The molecule has 7 nitrogen and oxygen atoms in total. The molecular weight excluding hydrogens is 272 g/mol. The summed E-state index contributed by atoms with van der Waals surface area (Å²) in [5, 5.41) is 13.9. The zero-order valence-electron chi connectivity index (χ0n) is 12.5. The minimum atomic E-state index is -0.977. The molecule has 0 bridgehead atoms. The van der Waals surface area contributed by atoms with Gasteiger partial charge in [0.15, 0.2) is 5.65 Å². The summed E-state index contributed by atoms with van der Waals surface area (Å²) < 4.78 is 2.53. The molecule has 0 radical (unpaired) electrons. The predicted octanol–water partition coefficient (Wildman–Crippen LogP) is 0.115. The maximum absolute atomic E-state index is 12.3. The number of pyridine rings is 1. The van der Waals surface area contributed by atoms with Crippen LogP contribution in [0.4, 0.5) is 0 Å². The predicted molar refractivity (Wildman–Crippen MR) is 78.0 cm³/mol. The first kappa shape index (κ1) is 15.2. The molecule has 21 heavy (non-hydrogen) atoms. The van der Waals surface area contributed by atoms with Crippen molar-refractivity contribution in [3.63, 3.8) is 0 Å². The van der Waals surface area contributed by atoms with E-state index in [0.29, 0.717) is 12.2 Å². The van der Waals surface area contributed by atoms with Crippen molar-refractivity contribution >= 4 is 11.6 Å². The monoisotopic (exact) mass is 292 g/mol. The molecule has 0 aliphatic carbocycles. The average Bonchev–Trinajstić information content (AvgIpc) is 2.72. The second kappa shape index (κ2) is 5.69. The molecule has 0 saturated heterocycles. The molecule has 0 aliphatic rings. The van der Waals surface area contributed by atoms with E-state index < -0.39 is 5.60 Å². The summed E-state index contributed by atoms with van der Waals surface area (Å²) in [5.41, 5.74) is -0.825. The Balaban J connectivity index is 2.21. The first-order chi connectivity index (χ1) is 9.81. The summed E-state index contributed by atoms with van der Waals surface area (Å²) in [6.45, 7) is 5.65. The van der Waals surface area contributed by atoms with Crippen molar-refractivity contribution in [2.24, 2.45) is 0 Å². The number of aromatic nitrogens is 3. The Bertz CT molecular complexity index is 696. The first-order valence-electron chi connectivity index (χ1n) is 6.86. The van der Waals surface area contributed by atoms with E-state index in [4.69, 9.17) is 0 Å². The second-order valence-corrected chi connectivity index (χ2v) is 5.59. The van der Waals surface area contributed by atoms with Gasteiger partial charge >= 0.3 is 5.69 Å². The maximum atomic E-state index is 12.3. The molecule has 114 valence electrons. The fourth-order valence-electron chi connectivity index (χ4n) is 2.14. The van der Waals surface area contributed by atoms with Gasteiger partial charge in [0, 0.05) is 19.3 Å². The van der Waals surface area contributed by atoms with Gasteiger partial charge in [0.2, 0.25) is 5.91 Å². The second-order valence-electron chi connectivity index (χ2n) is 5.59. The minimum absolute atomic E-state index is 0.134. The van der Waals surface area contributed by atoms with Crippen molar-refractivity contribution in [3.05, 3.63) is 34.9 Å². The zero-order chi connectivity index (χ0) is 15.6. The fraction of sp³-hybridized carbons (Fsp3) is 0.500. The lowest BCUT2D eigenvalue weighted by atomic mass is 10.1. The van der Waals surface area contributed by atoms with E-state index >= 15 is 0 Å². The lowest BCUT2D eigenvalue weighted by molar-refractivity contribution is -0.134. The van der Waals surface area contributed by atoms with Crippen molar-refractivity contribution in [1.82, 2.24) is 19.1 Å². The highest BCUT2D eigenvalue weighted by molar-refractivity contribution is 5.76. The van der Waals surface area contributed by atoms with Gasteiger partial charge in [-0.25, -0.2) is 9.48 Å². The van der Waals surface area contributed by atoms with E-state index in [1.165, 1.54) is 9.30 Å². The molecule has 0 spiro atoms. The molecule has 2 rings (SSSR count). The van der Waals surface area contributed by atoms with Gasteiger partial charge in [0.1, 0.15) is 6.54 Å². The Kier molecular flexibility index (Phi) is 4.13. The number of carbonyl (C=O) groups excluding carboxylic acids is 1. The Morgan fingerprint density at radius 1 is 1.43 bits per heavy atom. The molecule has 0 fully saturated rings. The average molecular weight is 292 g/mol. The molecule has 2 heterocycles. The Morgan fingerprint density at radius 2 is 2.14 bits per heavy atom. The molecule has 2 aromatic rings. The Labute approximate surface area is 122 Å². The van der Waals surface area contributed by atoms with Gasteiger partial charge in [-0.1, -0.05) is 6.07 Å². The standard InChI is InChI=1S/C14H20N4O3/c1-4-16(10-14(2,3)21)12(19)9-18-13(20)17-8-6-5-7-11(17)15-18/h5-8,21H,4,9-10H2,1-3H3. The van der Waals surface area contributed by atoms with Gasteiger partial charge in [-0.2, -0.15) is 0 Å². The van der Waals surface area contributed by atoms with Gasteiger partial charge in [0.05, 0.1) is 5.60 Å². The summed E-state index contributed by atoms with van der Waals surface area (Å²) in [4.78, 5) is 25.9. The third-order valence-electron chi connectivity index (χ3n) is 3.09. The molecular formula is C14H20N4O3. The van der Waals surface area contributed by atoms with Crippen molar-refractivity contribution in [2.45, 2.75) is 32.9 Å². The number of hydrogen-bond acceptors (Lipinski definition) is 4. The third kappa shape index (κ3) is 3.49. The van der Waals surface area contributed by atoms with Crippen molar-refractivity contribution < 1.29 is 9.90 Å². The normalized spacial score (nSPS) is 11.8. The summed E-state index contributed by atoms with van der Waals surface area (Å²) >= 11 is 0. The van der Waals surface area contributed by atoms with E-state index in [9.17, 15) is 14.7 Å². The van der Waals surface area contributed by atoms with Crippen LogP contribution in [0.15, 0.2) is 29.2 Å². The van der Waals surface area contributed by atoms with Crippen molar-refractivity contribution in [1.29, 1.82) is 0 Å². The van der Waals surface area contributed by atoms with Crippen LogP contribution >= 0.6 is 0 Å². The Morgan fingerprint density at radius 3 is 2.71 bits per heavy atom. The van der Waals surface area contributed by atoms with Gasteiger partial charge in [0.25, 0.3) is 0 Å². The van der Waals surface area contributed by atoms with E-state index in [2.05, 4.69) is 5.10 Å². The van der Waals surface area contributed by atoms with Gasteiger partial charge in [-0.15, -0.1) is 5.10 Å². The van der Waals surface area contributed by atoms with Crippen LogP contribution in [0.2, 0.25) is 0 Å². The largest absolute Gasteiger partial charge is 0.389 e. The molecule has 1 amide bonds. The molecule has 0 aliphatic heterocycles. The molecule has 7 heteroatoms. The number of carbonyl (C=O) groups is 1. The molecule has 0 saturated carbocycles. The fourth-order valence-corrected chi connectivity index (χ4v) is 2.14. The lowest BCUT2D eigenvalue weighted by Crippen LogP contribution is -2.44. The van der Waals surface area contributed by atoms with Crippen LogP contribution in [0.5, 0.6) is 0 Å².